The lowest BCUT2D eigenvalue weighted by molar-refractivity contribution is 0.0692. The van der Waals surface area contributed by atoms with Gasteiger partial charge in [-0.1, -0.05) is 19.1 Å². The molecule has 1 aromatic carbocycles. The van der Waals surface area contributed by atoms with Crippen molar-refractivity contribution in [1.82, 2.24) is 24.2 Å². The summed E-state index contributed by atoms with van der Waals surface area (Å²) < 4.78 is 4.04. The van der Waals surface area contributed by atoms with Gasteiger partial charge in [0.25, 0.3) is 5.91 Å². The number of aromatic nitrogens is 4. The van der Waals surface area contributed by atoms with Crippen molar-refractivity contribution in [3.63, 3.8) is 0 Å². The number of fused-ring (bicyclic) bond motifs is 1. The Balaban J connectivity index is 1.63. The Kier molecular flexibility index (Phi) is 4.72. The van der Waals surface area contributed by atoms with Gasteiger partial charge in [-0.15, -0.1) is 0 Å². The average molecular weight is 365 g/mol. The average Bonchev–Trinajstić information content (AvgIpc) is 3.21. The lowest BCUT2D eigenvalue weighted by Crippen LogP contribution is -2.40. The zero-order valence-electron chi connectivity index (χ0n) is 16.4. The highest BCUT2D eigenvalue weighted by molar-refractivity contribution is 5.92. The second-order valence-electron chi connectivity index (χ2n) is 7.50. The van der Waals surface area contributed by atoms with E-state index in [-0.39, 0.29) is 11.8 Å². The molecule has 1 fully saturated rings. The van der Waals surface area contributed by atoms with Crippen LogP contribution in [0.15, 0.2) is 30.3 Å². The molecule has 27 heavy (non-hydrogen) atoms. The fraction of sp³-hybridized carbons (Fsp3) is 0.476. The number of rotatable bonds is 4. The summed E-state index contributed by atoms with van der Waals surface area (Å²) in [6.07, 6.45) is 3.14. The van der Waals surface area contributed by atoms with Gasteiger partial charge in [-0.05, 0) is 44.4 Å². The van der Waals surface area contributed by atoms with Crippen molar-refractivity contribution in [1.29, 1.82) is 0 Å². The number of amides is 1. The van der Waals surface area contributed by atoms with Gasteiger partial charge in [0, 0.05) is 32.6 Å². The summed E-state index contributed by atoms with van der Waals surface area (Å²) >= 11 is 0. The summed E-state index contributed by atoms with van der Waals surface area (Å²) in [6.45, 7) is 6.59. The normalized spacial score (nSPS) is 17.6. The Hall–Kier alpha value is -2.63. The van der Waals surface area contributed by atoms with Crippen LogP contribution in [0.5, 0.6) is 0 Å². The van der Waals surface area contributed by atoms with Crippen LogP contribution < -0.4 is 0 Å². The van der Waals surface area contributed by atoms with Crippen molar-refractivity contribution >= 4 is 16.9 Å². The highest BCUT2D eigenvalue weighted by Gasteiger charge is 2.30. The van der Waals surface area contributed by atoms with E-state index in [1.54, 1.807) is 4.68 Å². The number of hydrogen-bond donors (Lipinski definition) is 0. The first-order chi connectivity index (χ1) is 13.1. The van der Waals surface area contributed by atoms with E-state index in [0.717, 1.165) is 55.9 Å². The zero-order valence-corrected chi connectivity index (χ0v) is 16.4. The van der Waals surface area contributed by atoms with E-state index in [4.69, 9.17) is 4.98 Å². The summed E-state index contributed by atoms with van der Waals surface area (Å²) in [6, 6.07) is 10.2. The maximum atomic E-state index is 13.0. The molecule has 1 aliphatic rings. The molecule has 0 radical (unpaired) electrons. The molecule has 3 heterocycles. The number of imidazole rings is 1. The minimum atomic E-state index is 0.0703. The lowest BCUT2D eigenvalue weighted by Gasteiger charge is -2.32. The van der Waals surface area contributed by atoms with Gasteiger partial charge in [-0.2, -0.15) is 5.10 Å². The van der Waals surface area contributed by atoms with Crippen LogP contribution in [0.2, 0.25) is 0 Å². The molecule has 0 aliphatic carbocycles. The molecule has 1 amide bonds. The van der Waals surface area contributed by atoms with E-state index >= 15 is 0 Å². The first kappa shape index (κ1) is 17.8. The maximum Gasteiger partial charge on any atom is 0.272 e. The minimum Gasteiger partial charge on any atom is -0.337 e. The SMILES string of the molecule is CCCn1c(C2CCCN(C(=O)c3cc(C)nn3C)C2)nc2ccccc21. The van der Waals surface area contributed by atoms with Crippen LogP contribution in [0.3, 0.4) is 0 Å². The van der Waals surface area contributed by atoms with E-state index in [1.807, 2.05) is 31.0 Å². The van der Waals surface area contributed by atoms with Crippen LogP contribution in [-0.4, -0.2) is 43.2 Å². The van der Waals surface area contributed by atoms with Gasteiger partial charge in [0.05, 0.1) is 16.7 Å². The lowest BCUT2D eigenvalue weighted by atomic mass is 9.96. The third-order valence-corrected chi connectivity index (χ3v) is 5.43. The molecule has 6 heteroatoms. The third-order valence-electron chi connectivity index (χ3n) is 5.43. The van der Waals surface area contributed by atoms with Crippen molar-refractivity contribution in [2.75, 3.05) is 13.1 Å². The molecule has 4 rings (SSSR count). The smallest absolute Gasteiger partial charge is 0.272 e. The predicted molar refractivity (Wildman–Crippen MR) is 106 cm³/mol. The fourth-order valence-electron chi connectivity index (χ4n) is 4.21. The molecule has 1 unspecified atom stereocenters. The molecule has 6 nitrogen and oxygen atoms in total. The molecule has 0 spiro atoms. The quantitative estimate of drug-likeness (QED) is 0.711. The largest absolute Gasteiger partial charge is 0.337 e. The number of likely N-dealkylation sites (tertiary alicyclic amines) is 1. The van der Waals surface area contributed by atoms with Gasteiger partial charge in [-0.3, -0.25) is 9.48 Å². The first-order valence-electron chi connectivity index (χ1n) is 9.83. The zero-order chi connectivity index (χ0) is 19.0. The summed E-state index contributed by atoms with van der Waals surface area (Å²) in [5.74, 6) is 1.47. The summed E-state index contributed by atoms with van der Waals surface area (Å²) in [7, 11) is 1.84. The molecule has 0 bridgehead atoms. The molecular weight excluding hydrogens is 338 g/mol. The third kappa shape index (κ3) is 3.24. The Labute approximate surface area is 159 Å². The van der Waals surface area contributed by atoms with Gasteiger partial charge >= 0.3 is 0 Å². The van der Waals surface area contributed by atoms with Gasteiger partial charge in [0.2, 0.25) is 0 Å². The number of carbonyl (C=O) groups is 1. The second kappa shape index (κ2) is 7.18. The number of aryl methyl sites for hydroxylation is 3. The molecule has 1 saturated heterocycles. The summed E-state index contributed by atoms with van der Waals surface area (Å²) in [5, 5.41) is 4.32. The molecule has 1 aliphatic heterocycles. The molecule has 2 aromatic heterocycles. The first-order valence-corrected chi connectivity index (χ1v) is 9.83. The summed E-state index contributed by atoms with van der Waals surface area (Å²) in [5.41, 5.74) is 3.78. The topological polar surface area (TPSA) is 56.0 Å². The van der Waals surface area contributed by atoms with Crippen LogP contribution in [0.4, 0.5) is 0 Å². The number of para-hydroxylation sites is 2. The van der Waals surface area contributed by atoms with E-state index in [9.17, 15) is 4.79 Å². The van der Waals surface area contributed by atoms with Gasteiger partial charge in [0.1, 0.15) is 11.5 Å². The van der Waals surface area contributed by atoms with Crippen molar-refractivity contribution in [2.45, 2.75) is 45.6 Å². The van der Waals surface area contributed by atoms with Gasteiger partial charge in [-0.25, -0.2) is 4.98 Å². The van der Waals surface area contributed by atoms with Crippen molar-refractivity contribution < 1.29 is 4.79 Å². The van der Waals surface area contributed by atoms with Crippen molar-refractivity contribution in [3.8, 4) is 0 Å². The Bertz CT molecular complexity index is 970. The standard InChI is InChI=1S/C21H27N5O/c1-4-11-26-18-10-6-5-9-17(18)22-20(26)16-8-7-12-25(14-16)21(27)19-13-15(2)23-24(19)3/h5-6,9-10,13,16H,4,7-8,11-12,14H2,1-3H3. The van der Waals surface area contributed by atoms with E-state index in [1.165, 1.54) is 5.52 Å². The Morgan fingerprint density at radius 3 is 2.85 bits per heavy atom. The van der Waals surface area contributed by atoms with E-state index in [2.05, 4.69) is 34.8 Å². The second-order valence-corrected chi connectivity index (χ2v) is 7.50. The van der Waals surface area contributed by atoms with Crippen LogP contribution in [0.1, 0.15) is 54.1 Å². The maximum absolute atomic E-state index is 13.0. The molecular formula is C21H27N5O. The fourth-order valence-corrected chi connectivity index (χ4v) is 4.21. The summed E-state index contributed by atoms with van der Waals surface area (Å²) in [4.78, 5) is 20.0. The van der Waals surface area contributed by atoms with Crippen LogP contribution in [0.25, 0.3) is 11.0 Å². The Morgan fingerprint density at radius 2 is 2.11 bits per heavy atom. The molecule has 0 saturated carbocycles. The number of carbonyl (C=O) groups excluding carboxylic acids is 1. The van der Waals surface area contributed by atoms with Crippen molar-refractivity contribution in [3.05, 3.63) is 47.5 Å². The highest BCUT2D eigenvalue weighted by Crippen LogP contribution is 2.30. The Morgan fingerprint density at radius 1 is 1.30 bits per heavy atom. The van der Waals surface area contributed by atoms with Crippen molar-refractivity contribution in [2.24, 2.45) is 7.05 Å². The van der Waals surface area contributed by atoms with E-state index in [0.29, 0.717) is 5.69 Å². The van der Waals surface area contributed by atoms with Gasteiger partial charge in [0.15, 0.2) is 0 Å². The number of nitrogens with zero attached hydrogens (tertiary/aromatic N) is 5. The minimum absolute atomic E-state index is 0.0703. The predicted octanol–water partition coefficient (Wildman–Crippen LogP) is 3.51. The number of hydrogen-bond acceptors (Lipinski definition) is 3. The number of benzene rings is 1. The van der Waals surface area contributed by atoms with Crippen LogP contribution >= 0.6 is 0 Å². The molecule has 142 valence electrons. The molecule has 1 atom stereocenters. The monoisotopic (exact) mass is 365 g/mol. The van der Waals surface area contributed by atoms with Crippen LogP contribution in [-0.2, 0) is 13.6 Å². The molecule has 3 aromatic rings. The number of piperidine rings is 1. The van der Waals surface area contributed by atoms with Crippen LogP contribution in [0, 0.1) is 6.92 Å². The molecule has 0 N–H and O–H groups in total. The van der Waals surface area contributed by atoms with E-state index < -0.39 is 0 Å². The highest BCUT2D eigenvalue weighted by atomic mass is 16.2. The van der Waals surface area contributed by atoms with Gasteiger partial charge < -0.3 is 9.47 Å².